The van der Waals surface area contributed by atoms with E-state index in [4.69, 9.17) is 0 Å². The molecule has 2 N–H and O–H groups in total. The molecule has 3 aromatic heterocycles. The fourth-order valence-corrected chi connectivity index (χ4v) is 5.54. The van der Waals surface area contributed by atoms with E-state index < -0.39 is 5.82 Å². The first-order valence-electron chi connectivity index (χ1n) is 12.9. The summed E-state index contributed by atoms with van der Waals surface area (Å²) in [6, 6.07) is 7.04. The topological polar surface area (TPSA) is 88.0 Å². The van der Waals surface area contributed by atoms with Gasteiger partial charge in [0.15, 0.2) is 11.6 Å². The maximum absolute atomic E-state index is 15.4. The summed E-state index contributed by atoms with van der Waals surface area (Å²) in [5.74, 6) is -0.475. The molecule has 1 amide bonds. The van der Waals surface area contributed by atoms with Crippen molar-refractivity contribution in [2.24, 2.45) is 0 Å². The minimum Gasteiger partial charge on any atom is -0.338 e. The Labute approximate surface area is 219 Å². The van der Waals surface area contributed by atoms with Crippen molar-refractivity contribution in [3.8, 4) is 11.1 Å². The zero-order valence-corrected chi connectivity index (χ0v) is 21.4. The Hall–Kier alpha value is -3.92. The number of aryl methyl sites for hydroxylation is 2. The van der Waals surface area contributed by atoms with Crippen LogP contribution >= 0.6 is 0 Å². The Bertz CT molecular complexity index is 1540. The number of pyridine rings is 2. The summed E-state index contributed by atoms with van der Waals surface area (Å²) in [6.07, 6.45) is 5.43. The second-order valence-electron chi connectivity index (χ2n) is 10.1. The highest BCUT2D eigenvalue weighted by atomic mass is 19.1. The second kappa shape index (κ2) is 9.75. The van der Waals surface area contributed by atoms with Crippen LogP contribution in [-0.4, -0.2) is 56.2 Å². The second-order valence-corrected chi connectivity index (χ2v) is 10.1. The van der Waals surface area contributed by atoms with E-state index in [9.17, 15) is 9.18 Å². The number of carbonyl (C=O) groups is 1. The van der Waals surface area contributed by atoms with E-state index in [2.05, 4.69) is 25.7 Å². The van der Waals surface area contributed by atoms with Crippen molar-refractivity contribution in [2.45, 2.75) is 45.7 Å². The Morgan fingerprint density at radius 3 is 2.61 bits per heavy atom. The smallest absolute Gasteiger partial charge is 0.244 e. The van der Waals surface area contributed by atoms with Gasteiger partial charge in [0.05, 0.1) is 5.69 Å². The van der Waals surface area contributed by atoms with Gasteiger partial charge in [0.25, 0.3) is 0 Å². The number of aromatic nitrogens is 4. The van der Waals surface area contributed by atoms with Crippen molar-refractivity contribution >= 4 is 28.3 Å². The monoisotopic (exact) mass is 517 g/mol. The third-order valence-corrected chi connectivity index (χ3v) is 7.53. The lowest BCUT2D eigenvalue weighted by Crippen LogP contribution is -2.47. The molecule has 1 fully saturated rings. The molecule has 196 valence electrons. The molecular formula is C28H29F2N7O. The molecule has 1 aromatic carbocycles. The lowest BCUT2D eigenvalue weighted by Gasteiger charge is -2.33. The first kappa shape index (κ1) is 24.4. The van der Waals surface area contributed by atoms with Crippen LogP contribution in [0.5, 0.6) is 0 Å². The molecule has 0 radical (unpaired) electrons. The molecule has 1 saturated heterocycles. The van der Waals surface area contributed by atoms with Crippen LogP contribution in [-0.2, 0) is 17.8 Å². The number of benzene rings is 1. The normalized spacial score (nSPS) is 16.5. The van der Waals surface area contributed by atoms with E-state index in [1.54, 1.807) is 24.5 Å². The molecule has 0 bridgehead atoms. The predicted molar refractivity (Wildman–Crippen MR) is 141 cm³/mol. The zero-order valence-electron chi connectivity index (χ0n) is 21.4. The number of nitrogens with one attached hydrogen (secondary N) is 2. The molecule has 2 aliphatic rings. The first-order valence-corrected chi connectivity index (χ1v) is 12.9. The van der Waals surface area contributed by atoms with Crippen molar-refractivity contribution in [3.63, 3.8) is 0 Å². The van der Waals surface area contributed by atoms with Gasteiger partial charge in [-0.2, -0.15) is 5.10 Å². The summed E-state index contributed by atoms with van der Waals surface area (Å²) in [7, 11) is 0. The van der Waals surface area contributed by atoms with Gasteiger partial charge in [-0.15, -0.1) is 0 Å². The van der Waals surface area contributed by atoms with Crippen LogP contribution in [0.3, 0.4) is 0 Å². The molecule has 0 spiro atoms. The molecule has 0 aliphatic carbocycles. The number of piperidine rings is 1. The fraction of sp³-hybridized carbons (Fsp3) is 0.357. The summed E-state index contributed by atoms with van der Waals surface area (Å²) in [4.78, 5) is 23.5. The number of amides is 1. The molecule has 4 aromatic rings. The van der Waals surface area contributed by atoms with Crippen molar-refractivity contribution in [1.82, 2.24) is 30.0 Å². The van der Waals surface area contributed by atoms with Gasteiger partial charge >= 0.3 is 0 Å². The Kier molecular flexibility index (Phi) is 6.27. The third-order valence-electron chi connectivity index (χ3n) is 7.53. The number of fused-ring (bicyclic) bond motifs is 2. The molecule has 5 heterocycles. The minimum absolute atomic E-state index is 0.00951. The number of rotatable bonds is 4. The summed E-state index contributed by atoms with van der Waals surface area (Å²) >= 11 is 0. The molecule has 8 nitrogen and oxygen atoms in total. The van der Waals surface area contributed by atoms with Gasteiger partial charge in [-0.25, -0.2) is 13.8 Å². The van der Waals surface area contributed by atoms with E-state index in [0.717, 1.165) is 42.6 Å². The largest absolute Gasteiger partial charge is 0.338 e. The summed E-state index contributed by atoms with van der Waals surface area (Å²) in [6.45, 7) is 6.07. The van der Waals surface area contributed by atoms with Gasteiger partial charge < -0.3 is 15.5 Å². The quantitative estimate of drug-likeness (QED) is 0.421. The Morgan fingerprint density at radius 1 is 1.00 bits per heavy atom. The van der Waals surface area contributed by atoms with Crippen LogP contribution in [0, 0.1) is 25.5 Å². The van der Waals surface area contributed by atoms with Gasteiger partial charge in [0.1, 0.15) is 18.2 Å². The van der Waals surface area contributed by atoms with E-state index in [-0.39, 0.29) is 30.1 Å². The van der Waals surface area contributed by atoms with Crippen molar-refractivity contribution in [1.29, 1.82) is 0 Å². The first-order chi connectivity index (χ1) is 18.4. The van der Waals surface area contributed by atoms with Crippen LogP contribution in [0.25, 0.3) is 21.9 Å². The van der Waals surface area contributed by atoms with Gasteiger partial charge in [-0.1, -0.05) is 0 Å². The van der Waals surface area contributed by atoms with Gasteiger partial charge in [-0.3, -0.25) is 14.5 Å². The average Bonchev–Trinajstić information content (AvgIpc) is 3.07. The molecule has 2 aliphatic heterocycles. The summed E-state index contributed by atoms with van der Waals surface area (Å²) in [5, 5.41) is 12.0. The highest BCUT2D eigenvalue weighted by Gasteiger charge is 2.31. The standard InChI is InChI=1S/C28H29F2N7O/c1-16-9-17(2)32-14-22(16)21-10-18-12-25(33-13-19(18)11-23(21)29)34-28-27(30)24-5-8-36(20-3-6-31-7-4-20)26(38)15-37(24)35-28/h9-14,20,31H,3-8,15H2,1-2H3,(H,33,34,35). The van der Waals surface area contributed by atoms with E-state index in [1.165, 1.54) is 10.7 Å². The van der Waals surface area contributed by atoms with Gasteiger partial charge in [0, 0.05) is 53.6 Å². The van der Waals surface area contributed by atoms with E-state index in [1.807, 2.05) is 24.8 Å². The third kappa shape index (κ3) is 4.49. The Balaban J connectivity index is 1.26. The van der Waals surface area contributed by atoms with Crippen LogP contribution in [0.4, 0.5) is 20.4 Å². The number of hydrogen-bond donors (Lipinski definition) is 2. The molecule has 0 saturated carbocycles. The maximum atomic E-state index is 15.4. The lowest BCUT2D eigenvalue weighted by atomic mass is 9.99. The van der Waals surface area contributed by atoms with Crippen LogP contribution < -0.4 is 10.6 Å². The molecule has 0 unspecified atom stereocenters. The van der Waals surface area contributed by atoms with Crippen molar-refractivity contribution in [3.05, 3.63) is 65.2 Å². The minimum atomic E-state index is -0.479. The SMILES string of the molecule is Cc1cc(C)c(-c2cc3cc(Nc4nn5c(c4F)CCN(C4CCNCC4)C(=O)C5)ncc3cc2F)cn1. The highest BCUT2D eigenvalue weighted by molar-refractivity contribution is 5.89. The maximum Gasteiger partial charge on any atom is 0.244 e. The molecule has 6 rings (SSSR count). The van der Waals surface area contributed by atoms with Crippen molar-refractivity contribution in [2.75, 3.05) is 25.0 Å². The van der Waals surface area contributed by atoms with E-state index >= 15 is 4.39 Å². The van der Waals surface area contributed by atoms with Gasteiger partial charge in [0.2, 0.25) is 5.91 Å². The van der Waals surface area contributed by atoms with Crippen molar-refractivity contribution < 1.29 is 13.6 Å². The molecule has 0 atom stereocenters. The zero-order chi connectivity index (χ0) is 26.4. The summed E-state index contributed by atoms with van der Waals surface area (Å²) < 4.78 is 31.9. The average molecular weight is 518 g/mol. The number of nitrogens with zero attached hydrogens (tertiary/aromatic N) is 5. The molecule has 38 heavy (non-hydrogen) atoms. The number of carbonyl (C=O) groups excluding carboxylic acids is 1. The Morgan fingerprint density at radius 2 is 1.82 bits per heavy atom. The van der Waals surface area contributed by atoms with Gasteiger partial charge in [-0.05, 0) is 75.0 Å². The number of hydrogen-bond acceptors (Lipinski definition) is 6. The number of halogens is 2. The lowest BCUT2D eigenvalue weighted by molar-refractivity contribution is -0.134. The van der Waals surface area contributed by atoms with E-state index in [0.29, 0.717) is 41.0 Å². The highest BCUT2D eigenvalue weighted by Crippen LogP contribution is 2.31. The van der Waals surface area contributed by atoms with Crippen LogP contribution in [0.1, 0.15) is 29.8 Å². The number of anilines is 2. The summed E-state index contributed by atoms with van der Waals surface area (Å²) in [5.41, 5.74) is 3.36. The predicted octanol–water partition coefficient (Wildman–Crippen LogP) is 4.27. The van der Waals surface area contributed by atoms with Crippen LogP contribution in [0.15, 0.2) is 36.7 Å². The molecule has 10 heteroatoms. The fourth-order valence-electron chi connectivity index (χ4n) is 5.54. The molecular weight excluding hydrogens is 488 g/mol. The van der Waals surface area contributed by atoms with Crippen LogP contribution in [0.2, 0.25) is 0 Å².